The highest BCUT2D eigenvalue weighted by atomic mass is 32.1. The van der Waals surface area contributed by atoms with Gasteiger partial charge in [0.2, 0.25) is 5.91 Å². The van der Waals surface area contributed by atoms with Crippen LogP contribution in [-0.4, -0.2) is 22.9 Å². The second-order valence-electron chi connectivity index (χ2n) is 5.39. The molecule has 23 heavy (non-hydrogen) atoms. The van der Waals surface area contributed by atoms with Gasteiger partial charge in [0.05, 0.1) is 5.69 Å². The average Bonchev–Trinajstić information content (AvgIpc) is 2.92. The number of rotatable bonds is 4. The fourth-order valence-corrected chi connectivity index (χ4v) is 3.21. The van der Waals surface area contributed by atoms with Crippen molar-refractivity contribution in [1.82, 2.24) is 9.97 Å². The highest BCUT2D eigenvalue weighted by Crippen LogP contribution is 2.21. The van der Waals surface area contributed by atoms with Crippen molar-refractivity contribution in [3.63, 3.8) is 0 Å². The van der Waals surface area contributed by atoms with Crippen molar-refractivity contribution in [2.24, 2.45) is 0 Å². The van der Waals surface area contributed by atoms with Crippen LogP contribution < -0.4 is 10.5 Å². The molecule has 1 amide bonds. The van der Waals surface area contributed by atoms with Crippen LogP contribution in [0.4, 0.5) is 5.13 Å². The Hall–Kier alpha value is -2.46. The minimum Gasteiger partial charge on any atom is -0.325 e. The van der Waals surface area contributed by atoms with E-state index in [0.29, 0.717) is 22.8 Å². The maximum absolute atomic E-state index is 12.3. The Labute approximate surface area is 138 Å². The molecular weight excluding hydrogens is 312 g/mol. The summed E-state index contributed by atoms with van der Waals surface area (Å²) in [5.74, 6) is -0.0529. The molecule has 0 saturated carbocycles. The average molecular weight is 330 g/mol. The number of hydrogen-bond donors (Lipinski definition) is 1. The number of aromatic nitrogens is 2. The van der Waals surface area contributed by atoms with Gasteiger partial charge in [-0.2, -0.15) is 5.26 Å². The number of aromatic amines is 1. The van der Waals surface area contributed by atoms with Gasteiger partial charge in [0.25, 0.3) is 5.56 Å². The lowest BCUT2D eigenvalue weighted by Gasteiger charge is -2.15. The van der Waals surface area contributed by atoms with Crippen molar-refractivity contribution >= 4 is 22.4 Å². The molecule has 120 valence electrons. The molecule has 0 fully saturated rings. The largest absolute Gasteiger partial charge is 0.325 e. The van der Waals surface area contributed by atoms with Gasteiger partial charge in [-0.25, -0.2) is 4.98 Å². The summed E-state index contributed by atoms with van der Waals surface area (Å²) in [5, 5.41) is 11.6. The number of pyridine rings is 1. The zero-order valence-corrected chi connectivity index (χ0v) is 14.4. The molecule has 0 saturated heterocycles. The van der Waals surface area contributed by atoms with E-state index in [1.54, 1.807) is 25.8 Å². The highest BCUT2D eigenvalue weighted by Gasteiger charge is 2.17. The van der Waals surface area contributed by atoms with Gasteiger partial charge in [0.15, 0.2) is 5.13 Å². The zero-order valence-electron chi connectivity index (χ0n) is 13.6. The van der Waals surface area contributed by atoms with Crippen LogP contribution in [-0.2, 0) is 11.2 Å². The molecule has 0 aromatic carbocycles. The molecule has 0 aliphatic heterocycles. The molecule has 2 heterocycles. The topological polar surface area (TPSA) is 89.9 Å². The molecule has 0 atom stereocenters. The van der Waals surface area contributed by atoms with Crippen molar-refractivity contribution in [2.75, 3.05) is 11.9 Å². The lowest BCUT2D eigenvalue weighted by atomic mass is 9.99. The lowest BCUT2D eigenvalue weighted by molar-refractivity contribution is -0.118. The zero-order chi connectivity index (χ0) is 17.1. The number of hydrogen-bond acceptors (Lipinski definition) is 5. The van der Waals surface area contributed by atoms with Crippen molar-refractivity contribution in [3.8, 4) is 6.07 Å². The van der Waals surface area contributed by atoms with E-state index in [4.69, 9.17) is 5.26 Å². The van der Waals surface area contributed by atoms with Crippen LogP contribution in [0.3, 0.4) is 0 Å². The first-order chi connectivity index (χ1) is 10.8. The minimum absolute atomic E-state index is 0.0529. The molecule has 0 aliphatic carbocycles. The van der Waals surface area contributed by atoms with E-state index < -0.39 is 0 Å². The maximum atomic E-state index is 12.3. The number of carbonyl (C=O) groups is 1. The normalized spacial score (nSPS) is 10.4. The van der Waals surface area contributed by atoms with Crippen LogP contribution in [0.25, 0.3) is 0 Å². The van der Waals surface area contributed by atoms with Crippen LogP contribution >= 0.6 is 11.3 Å². The van der Waals surface area contributed by atoms with Crippen molar-refractivity contribution in [1.29, 1.82) is 5.26 Å². The third-order valence-corrected chi connectivity index (χ3v) is 4.81. The first-order valence-corrected chi connectivity index (χ1v) is 8.04. The van der Waals surface area contributed by atoms with Gasteiger partial charge in [-0.3, -0.25) is 14.5 Å². The summed E-state index contributed by atoms with van der Waals surface area (Å²) in [4.78, 5) is 32.6. The smallest absolute Gasteiger partial charge is 0.266 e. The third-order valence-electron chi connectivity index (χ3n) is 3.78. The number of nitrogens with zero attached hydrogens (tertiary/aromatic N) is 3. The lowest BCUT2D eigenvalue weighted by Crippen LogP contribution is -2.27. The Morgan fingerprint density at radius 2 is 2.13 bits per heavy atom. The monoisotopic (exact) mass is 330 g/mol. The Balaban J connectivity index is 2.17. The summed E-state index contributed by atoms with van der Waals surface area (Å²) in [7, 11) is 1.70. The number of carbonyl (C=O) groups excluding carboxylic acids is 1. The number of thiazole rings is 1. The number of anilines is 1. The van der Waals surface area contributed by atoms with E-state index in [-0.39, 0.29) is 23.5 Å². The molecule has 0 aliphatic rings. The standard InChI is InChI=1S/C16H18N4O2S/c1-9-8-23-16(18-9)20(4)14(21)6-5-12-10(2)13(7-17)15(22)19-11(12)3/h8H,5-6H2,1-4H3,(H,19,22). The Kier molecular flexibility index (Phi) is 4.96. The molecule has 2 aromatic rings. The highest BCUT2D eigenvalue weighted by molar-refractivity contribution is 7.14. The molecule has 7 heteroatoms. The van der Waals surface area contributed by atoms with Crippen molar-refractivity contribution in [2.45, 2.75) is 33.6 Å². The minimum atomic E-state index is -0.382. The van der Waals surface area contributed by atoms with Crippen molar-refractivity contribution < 1.29 is 4.79 Å². The van der Waals surface area contributed by atoms with Crippen LogP contribution in [0.2, 0.25) is 0 Å². The van der Waals surface area contributed by atoms with Crippen molar-refractivity contribution in [3.05, 3.63) is 43.8 Å². The van der Waals surface area contributed by atoms with E-state index in [1.807, 2.05) is 18.4 Å². The van der Waals surface area contributed by atoms with Crippen LogP contribution in [0.5, 0.6) is 0 Å². The summed E-state index contributed by atoms with van der Waals surface area (Å²) in [5.41, 5.74) is 2.81. The van der Waals surface area contributed by atoms with E-state index >= 15 is 0 Å². The Morgan fingerprint density at radius 3 is 2.70 bits per heavy atom. The second-order valence-corrected chi connectivity index (χ2v) is 6.23. The van der Waals surface area contributed by atoms with Crippen LogP contribution in [0, 0.1) is 32.1 Å². The summed E-state index contributed by atoms with van der Waals surface area (Å²) >= 11 is 1.43. The number of amides is 1. The van der Waals surface area contributed by atoms with E-state index in [1.165, 1.54) is 11.3 Å². The van der Waals surface area contributed by atoms with Gasteiger partial charge >= 0.3 is 0 Å². The van der Waals surface area contributed by atoms with Crippen LogP contribution in [0.1, 0.15) is 34.5 Å². The molecule has 0 radical (unpaired) electrons. The SMILES string of the molecule is Cc1csc(N(C)C(=O)CCc2c(C)[nH]c(=O)c(C#N)c2C)n1. The first-order valence-electron chi connectivity index (χ1n) is 7.16. The van der Waals surface area contributed by atoms with E-state index in [2.05, 4.69) is 9.97 Å². The number of nitriles is 1. The Bertz CT molecular complexity index is 845. The maximum Gasteiger partial charge on any atom is 0.266 e. The van der Waals surface area contributed by atoms with Gasteiger partial charge in [-0.15, -0.1) is 11.3 Å². The van der Waals surface area contributed by atoms with Gasteiger partial charge in [-0.05, 0) is 38.3 Å². The van der Waals surface area contributed by atoms with Gasteiger partial charge < -0.3 is 4.98 Å². The summed E-state index contributed by atoms with van der Waals surface area (Å²) in [6.45, 7) is 5.41. The predicted molar refractivity (Wildman–Crippen MR) is 89.8 cm³/mol. The second kappa shape index (κ2) is 6.75. The summed E-state index contributed by atoms with van der Waals surface area (Å²) in [6.07, 6.45) is 0.754. The van der Waals surface area contributed by atoms with E-state index in [9.17, 15) is 9.59 Å². The van der Waals surface area contributed by atoms with Gasteiger partial charge in [0, 0.05) is 24.5 Å². The first kappa shape index (κ1) is 16.9. The quantitative estimate of drug-likeness (QED) is 0.931. The molecule has 0 spiro atoms. The molecule has 6 nitrogen and oxygen atoms in total. The molecular formula is C16H18N4O2S. The fourth-order valence-electron chi connectivity index (χ4n) is 2.42. The Morgan fingerprint density at radius 1 is 1.43 bits per heavy atom. The van der Waals surface area contributed by atoms with Gasteiger partial charge in [-0.1, -0.05) is 0 Å². The molecule has 2 aromatic heterocycles. The predicted octanol–water partition coefficient (Wildman–Crippen LogP) is 2.22. The van der Waals surface area contributed by atoms with E-state index in [0.717, 1.165) is 11.3 Å². The molecule has 2 rings (SSSR count). The number of aryl methyl sites for hydroxylation is 2. The van der Waals surface area contributed by atoms with Crippen LogP contribution in [0.15, 0.2) is 10.2 Å². The number of nitrogens with one attached hydrogen (secondary N) is 1. The van der Waals surface area contributed by atoms with Gasteiger partial charge in [0.1, 0.15) is 11.6 Å². The molecule has 0 bridgehead atoms. The fraction of sp³-hybridized carbons (Fsp3) is 0.375. The molecule has 0 unspecified atom stereocenters. The third kappa shape index (κ3) is 3.48. The molecule has 1 N–H and O–H groups in total. The summed E-state index contributed by atoms with van der Waals surface area (Å²) < 4.78 is 0. The summed E-state index contributed by atoms with van der Waals surface area (Å²) in [6, 6.07) is 1.92. The number of H-pyrrole nitrogens is 1.